The van der Waals surface area contributed by atoms with Crippen molar-refractivity contribution in [1.82, 2.24) is 0 Å². The Labute approximate surface area is 488 Å². The molecule has 2 aromatic heterocycles. The van der Waals surface area contributed by atoms with Crippen LogP contribution in [-0.4, -0.2) is 132 Å². The summed E-state index contributed by atoms with van der Waals surface area (Å²) in [5, 5.41) is 1.86. The Morgan fingerprint density at radius 1 is 0.357 bits per heavy atom. The van der Waals surface area contributed by atoms with Gasteiger partial charge in [-0.15, -0.1) is 0 Å². The Kier molecular flexibility index (Phi) is 19.1. The van der Waals surface area contributed by atoms with Crippen LogP contribution in [0.15, 0.2) is 168 Å². The summed E-state index contributed by atoms with van der Waals surface area (Å²) in [6, 6.07) is 45.6. The minimum atomic E-state index is -4.54. The summed E-state index contributed by atoms with van der Waals surface area (Å²) in [6.07, 6.45) is 3.97. The van der Waals surface area contributed by atoms with Crippen LogP contribution < -0.4 is 28.1 Å². The van der Waals surface area contributed by atoms with Gasteiger partial charge in [-0.05, 0) is 94.5 Å². The fourth-order valence-electron chi connectivity index (χ4n) is 11.8. The van der Waals surface area contributed by atoms with E-state index < -0.39 is 20.2 Å². The number of benzene rings is 6. The zero-order valence-corrected chi connectivity index (χ0v) is 48.0. The monoisotopic (exact) mass is 1180 g/mol. The predicted octanol–water partition coefficient (Wildman–Crippen LogP) is 8.25. The molecule has 0 amide bonds. The average Bonchev–Trinajstić information content (AvgIpc) is 0.751. The maximum Gasteiger partial charge on any atom is 0.295 e. The first-order valence-corrected chi connectivity index (χ1v) is 31.1. The van der Waals surface area contributed by atoms with E-state index in [9.17, 15) is 25.9 Å². The number of rotatable bonds is 10. The number of aromatic nitrogens is 2. The molecule has 20 heteroatoms. The third-order valence-corrected chi connectivity index (χ3v) is 17.4. The molecule has 2 N–H and O–H groups in total. The fraction of sp³-hybridized carbons (Fsp3) is 0.344. The van der Waals surface area contributed by atoms with Gasteiger partial charge in [0.05, 0.1) is 79.3 Å². The molecule has 84 heavy (non-hydrogen) atoms. The van der Waals surface area contributed by atoms with Gasteiger partial charge >= 0.3 is 0 Å². The van der Waals surface area contributed by atoms with E-state index in [0.29, 0.717) is 113 Å². The van der Waals surface area contributed by atoms with Gasteiger partial charge in [0.1, 0.15) is 36.2 Å². The molecule has 0 atom stereocenters. The minimum Gasteiger partial charge on any atom is -0.487 e. The zero-order valence-electron chi connectivity index (χ0n) is 46.4. The van der Waals surface area contributed by atoms with Crippen molar-refractivity contribution in [2.24, 2.45) is 0 Å². The highest BCUT2D eigenvalue weighted by molar-refractivity contribution is 7.86. The second kappa shape index (κ2) is 27.3. The molecule has 0 spiro atoms. The van der Waals surface area contributed by atoms with Crippen LogP contribution >= 0.6 is 0 Å². The molecule has 440 valence electrons. The SMILES string of the molecule is O=S(=O)(O)c1ccccc1C[n+]1ccc(C2C(c3ccc4c(c3)OCCOCCOCCOCCO4)C(c3cc[n+](Cc4ccccc4S(=O)(=O)O)c4ccccc34)C2c2ccc3c(c2)OCCOCCOCCOCCO3)c2ccccc21. The number of pyridine rings is 2. The number of hydrogen-bond acceptors (Lipinski definition) is 14. The fourth-order valence-corrected chi connectivity index (χ4v) is 13.2. The Bertz CT molecular complexity index is 3550. The van der Waals surface area contributed by atoms with Gasteiger partial charge in [0.15, 0.2) is 48.5 Å². The number of ether oxygens (including phenoxy) is 10. The number of para-hydroxylation sites is 2. The van der Waals surface area contributed by atoms with Crippen LogP contribution in [0.2, 0.25) is 0 Å². The molecule has 2 aliphatic heterocycles. The van der Waals surface area contributed by atoms with Crippen LogP contribution in [0.25, 0.3) is 21.8 Å². The number of fused-ring (bicyclic) bond motifs is 4. The van der Waals surface area contributed by atoms with Gasteiger partial charge in [-0.2, -0.15) is 26.0 Å². The first-order valence-electron chi connectivity index (χ1n) is 28.2. The normalized spacial score (nSPS) is 20.1. The molecule has 0 bridgehead atoms. The average molecular weight is 1190 g/mol. The molecule has 3 aliphatic rings. The Balaban J connectivity index is 1.11. The molecule has 0 saturated heterocycles. The zero-order chi connectivity index (χ0) is 57.9. The standard InChI is InChI=1S/C64H66N2O16S2/c67-83(68,69)59-15-7-1-9-47(59)43-65-23-21-51(49-11-3-5-13-53(49)65)63-61(45-17-19-55-57(41-45)81-39-35-77-31-27-73-25-29-75-33-37-79-55)64(62(63)46-18-20-56-58(42-46)82-40-36-78-32-28-74-26-30-76-34-38-80-56)52-22-24-66(54-14-6-4-12-50(52)54)44-48-10-2-8-16-60(48)84(70,71)72/h1-24,41-42,61-64H,25-40,43-44H2/p+2. The van der Waals surface area contributed by atoms with Gasteiger partial charge in [-0.25, -0.2) is 0 Å². The van der Waals surface area contributed by atoms with Crippen molar-refractivity contribution in [2.45, 2.75) is 46.6 Å². The second-order valence-corrected chi connectivity index (χ2v) is 23.4. The molecular formula is C64H68N2O16S2+2. The molecular weight excluding hydrogens is 1120 g/mol. The molecule has 1 aliphatic carbocycles. The summed E-state index contributed by atoms with van der Waals surface area (Å²) in [7, 11) is -9.09. The Morgan fingerprint density at radius 2 is 0.679 bits per heavy atom. The van der Waals surface area contributed by atoms with Gasteiger partial charge in [0.25, 0.3) is 20.2 Å². The van der Waals surface area contributed by atoms with Crippen molar-refractivity contribution in [3.05, 3.63) is 191 Å². The molecule has 4 heterocycles. The van der Waals surface area contributed by atoms with Crippen LogP contribution in [0.3, 0.4) is 0 Å². The van der Waals surface area contributed by atoms with Gasteiger partial charge in [0.2, 0.25) is 11.0 Å². The first-order chi connectivity index (χ1) is 41.0. The lowest BCUT2D eigenvalue weighted by molar-refractivity contribution is -0.662. The molecule has 18 nitrogen and oxygen atoms in total. The molecule has 8 aromatic rings. The van der Waals surface area contributed by atoms with E-state index >= 15 is 0 Å². The van der Waals surface area contributed by atoms with Gasteiger partial charge in [-0.1, -0.05) is 72.8 Å². The van der Waals surface area contributed by atoms with E-state index in [1.54, 1.807) is 36.4 Å². The summed E-state index contributed by atoms with van der Waals surface area (Å²) < 4.78 is 136. The van der Waals surface area contributed by atoms with Crippen molar-refractivity contribution < 1.29 is 82.4 Å². The van der Waals surface area contributed by atoms with Crippen molar-refractivity contribution in [2.75, 3.05) is 106 Å². The number of hydrogen-bond donors (Lipinski definition) is 2. The van der Waals surface area contributed by atoms with Crippen molar-refractivity contribution in [1.29, 1.82) is 0 Å². The van der Waals surface area contributed by atoms with Crippen molar-refractivity contribution in [3.8, 4) is 23.0 Å². The van der Waals surface area contributed by atoms with Gasteiger partial charge in [-0.3, -0.25) is 9.11 Å². The molecule has 6 aromatic carbocycles. The van der Waals surface area contributed by atoms with Gasteiger partial charge in [0, 0.05) is 46.2 Å². The van der Waals surface area contributed by atoms with E-state index in [1.165, 1.54) is 12.1 Å². The first kappa shape index (κ1) is 58.7. The summed E-state index contributed by atoms with van der Waals surface area (Å²) in [4.78, 5) is -0.331. The van der Waals surface area contributed by atoms with Crippen LogP contribution in [0.4, 0.5) is 0 Å². The van der Waals surface area contributed by atoms with Crippen LogP contribution in [-0.2, 0) is 61.7 Å². The highest BCUT2D eigenvalue weighted by atomic mass is 32.2. The van der Waals surface area contributed by atoms with E-state index in [-0.39, 0.29) is 73.0 Å². The van der Waals surface area contributed by atoms with Crippen LogP contribution in [0.1, 0.15) is 57.1 Å². The molecule has 1 saturated carbocycles. The van der Waals surface area contributed by atoms with E-state index in [0.717, 1.165) is 44.1 Å². The minimum absolute atomic E-state index is 0.148. The third kappa shape index (κ3) is 13.7. The quantitative estimate of drug-likeness (QED) is 0.0976. The van der Waals surface area contributed by atoms with Gasteiger partial charge < -0.3 is 47.4 Å². The summed E-state index contributed by atoms with van der Waals surface area (Å²) in [5.74, 6) is 1.06. The summed E-state index contributed by atoms with van der Waals surface area (Å²) in [5.41, 5.74) is 6.51. The second-order valence-electron chi connectivity index (χ2n) is 20.6. The lowest BCUT2D eigenvalue weighted by Gasteiger charge is -2.54. The van der Waals surface area contributed by atoms with Crippen molar-refractivity contribution >= 4 is 42.0 Å². The predicted molar refractivity (Wildman–Crippen MR) is 310 cm³/mol. The Hall–Kier alpha value is -7.08. The molecule has 0 unspecified atom stereocenters. The Morgan fingerprint density at radius 3 is 1.05 bits per heavy atom. The maximum absolute atomic E-state index is 12.7. The third-order valence-electron chi connectivity index (χ3n) is 15.5. The van der Waals surface area contributed by atoms with Crippen molar-refractivity contribution in [3.63, 3.8) is 0 Å². The largest absolute Gasteiger partial charge is 0.487 e. The lowest BCUT2D eigenvalue weighted by Crippen LogP contribution is -2.42. The smallest absolute Gasteiger partial charge is 0.295 e. The van der Waals surface area contributed by atoms with Crippen LogP contribution in [0.5, 0.6) is 23.0 Å². The number of nitrogens with zero attached hydrogens (tertiary/aromatic N) is 2. The van der Waals surface area contributed by atoms with E-state index in [2.05, 4.69) is 48.5 Å². The highest BCUT2D eigenvalue weighted by Crippen LogP contribution is 2.68. The maximum atomic E-state index is 12.7. The van der Waals surface area contributed by atoms with Crippen LogP contribution in [0, 0.1) is 0 Å². The molecule has 1 fully saturated rings. The lowest BCUT2D eigenvalue weighted by atomic mass is 9.48. The molecule has 0 radical (unpaired) electrons. The summed E-state index contributed by atoms with van der Waals surface area (Å²) >= 11 is 0. The van der Waals surface area contributed by atoms with E-state index in [4.69, 9.17) is 47.4 Å². The molecule has 11 rings (SSSR count). The highest BCUT2D eigenvalue weighted by Gasteiger charge is 2.54. The van der Waals surface area contributed by atoms with E-state index in [1.807, 2.05) is 70.1 Å². The summed E-state index contributed by atoms with van der Waals surface area (Å²) in [6.45, 7) is 5.98. The topological polar surface area (TPSA) is 209 Å².